The van der Waals surface area contributed by atoms with Crippen LogP contribution in [0.15, 0.2) is 18.3 Å². The van der Waals surface area contributed by atoms with E-state index in [0.29, 0.717) is 6.10 Å². The molecule has 0 unspecified atom stereocenters. The second kappa shape index (κ2) is 6.68. The summed E-state index contributed by atoms with van der Waals surface area (Å²) in [6.07, 6.45) is 4.49. The van der Waals surface area contributed by atoms with Gasteiger partial charge in [0.2, 0.25) is 0 Å². The van der Waals surface area contributed by atoms with Crippen molar-refractivity contribution in [3.05, 3.63) is 23.9 Å². The number of hydrogen-bond donors (Lipinski definition) is 2. The number of anilines is 1. The number of rotatable bonds is 5. The summed E-state index contributed by atoms with van der Waals surface area (Å²) in [6.45, 7) is 6.03. The van der Waals surface area contributed by atoms with Crippen molar-refractivity contribution in [3.63, 3.8) is 0 Å². The molecule has 2 heterocycles. The van der Waals surface area contributed by atoms with Crippen LogP contribution in [-0.4, -0.2) is 35.7 Å². The molecule has 0 aromatic carbocycles. The molecule has 0 atom stereocenters. The molecule has 1 aromatic rings. The van der Waals surface area contributed by atoms with Crippen LogP contribution >= 0.6 is 0 Å². The van der Waals surface area contributed by atoms with Crippen LogP contribution in [0.4, 0.5) is 5.82 Å². The molecule has 0 saturated carbocycles. The molecule has 3 N–H and O–H groups in total. The molecule has 1 saturated heterocycles. The number of hydrazine groups is 1. The van der Waals surface area contributed by atoms with Gasteiger partial charge in [-0.25, -0.2) is 10.8 Å². The maximum absolute atomic E-state index is 5.65. The van der Waals surface area contributed by atoms with Crippen LogP contribution in [0.5, 0.6) is 0 Å². The molecule has 0 amide bonds. The Balaban J connectivity index is 1.83. The number of nitrogens with one attached hydrogen (secondary N) is 1. The Morgan fingerprint density at radius 3 is 2.94 bits per heavy atom. The van der Waals surface area contributed by atoms with Gasteiger partial charge < -0.3 is 10.2 Å². The summed E-state index contributed by atoms with van der Waals surface area (Å²) in [5.74, 6) is 6.08. The van der Waals surface area contributed by atoms with Crippen molar-refractivity contribution < 1.29 is 4.74 Å². The number of pyridine rings is 1. The van der Waals surface area contributed by atoms with E-state index >= 15 is 0 Å². The fourth-order valence-electron chi connectivity index (χ4n) is 2.38. The quantitative estimate of drug-likeness (QED) is 0.610. The Labute approximate surface area is 108 Å². The van der Waals surface area contributed by atoms with Crippen LogP contribution in [0.3, 0.4) is 0 Å². The summed E-state index contributed by atoms with van der Waals surface area (Å²) in [7, 11) is 0. The van der Waals surface area contributed by atoms with Gasteiger partial charge in [-0.2, -0.15) is 0 Å². The lowest BCUT2D eigenvalue weighted by Crippen LogP contribution is -2.36. The van der Waals surface area contributed by atoms with E-state index in [9.17, 15) is 0 Å². The van der Waals surface area contributed by atoms with Gasteiger partial charge in [0.25, 0.3) is 0 Å². The highest BCUT2D eigenvalue weighted by atomic mass is 16.5. The zero-order valence-corrected chi connectivity index (χ0v) is 10.9. The van der Waals surface area contributed by atoms with Gasteiger partial charge in [0, 0.05) is 32.4 Å². The van der Waals surface area contributed by atoms with Crippen LogP contribution < -0.4 is 11.3 Å². The Kier molecular flexibility index (Phi) is 4.92. The zero-order valence-electron chi connectivity index (χ0n) is 10.9. The lowest BCUT2D eigenvalue weighted by atomic mass is 10.1. The van der Waals surface area contributed by atoms with Crippen LogP contribution in [0.1, 0.15) is 25.3 Å². The van der Waals surface area contributed by atoms with Gasteiger partial charge in [0.1, 0.15) is 5.82 Å². The van der Waals surface area contributed by atoms with Gasteiger partial charge >= 0.3 is 0 Å². The molecule has 1 fully saturated rings. The van der Waals surface area contributed by atoms with Crippen molar-refractivity contribution in [3.8, 4) is 0 Å². The van der Waals surface area contributed by atoms with E-state index < -0.39 is 0 Å². The number of aromatic nitrogens is 1. The predicted molar refractivity (Wildman–Crippen MR) is 72.0 cm³/mol. The van der Waals surface area contributed by atoms with E-state index in [1.807, 2.05) is 12.1 Å². The number of ether oxygens (including phenoxy) is 1. The average molecular weight is 250 g/mol. The third-order valence-electron chi connectivity index (χ3n) is 3.32. The minimum atomic E-state index is 0.449. The van der Waals surface area contributed by atoms with Crippen molar-refractivity contribution in [2.75, 3.05) is 25.1 Å². The number of piperidine rings is 1. The average Bonchev–Trinajstić information content (AvgIpc) is 2.42. The normalized spacial score (nSPS) is 17.9. The van der Waals surface area contributed by atoms with Crippen LogP contribution in [0.25, 0.3) is 0 Å². The van der Waals surface area contributed by atoms with Crippen molar-refractivity contribution in [1.82, 2.24) is 9.88 Å². The largest absolute Gasteiger partial charge is 0.378 e. The van der Waals surface area contributed by atoms with E-state index in [-0.39, 0.29) is 0 Å². The molecule has 0 bridgehead atoms. The minimum Gasteiger partial charge on any atom is -0.378 e. The molecule has 5 heteroatoms. The van der Waals surface area contributed by atoms with Crippen molar-refractivity contribution in [1.29, 1.82) is 0 Å². The fourth-order valence-corrected chi connectivity index (χ4v) is 2.38. The van der Waals surface area contributed by atoms with Gasteiger partial charge in [-0.05, 0) is 37.5 Å². The second-order valence-corrected chi connectivity index (χ2v) is 4.62. The summed E-state index contributed by atoms with van der Waals surface area (Å²) in [6, 6.07) is 4.03. The highest BCUT2D eigenvalue weighted by Gasteiger charge is 2.19. The first-order chi connectivity index (χ1) is 8.81. The first kappa shape index (κ1) is 13.3. The molecular weight excluding hydrogens is 228 g/mol. The Hall–Kier alpha value is -1.17. The van der Waals surface area contributed by atoms with Crippen LogP contribution in [-0.2, 0) is 11.3 Å². The lowest BCUT2D eigenvalue weighted by molar-refractivity contribution is 0.0125. The summed E-state index contributed by atoms with van der Waals surface area (Å²) < 4.78 is 5.65. The molecule has 0 aliphatic carbocycles. The lowest BCUT2D eigenvalue weighted by Gasteiger charge is -2.31. The molecule has 1 aliphatic rings. The molecule has 1 aliphatic heterocycles. The van der Waals surface area contributed by atoms with Gasteiger partial charge in [-0.3, -0.25) is 4.90 Å². The smallest absolute Gasteiger partial charge is 0.140 e. The standard InChI is InChI=1S/C13H22N4O/c1-2-18-12-4-7-17(8-5-12)10-11-3-6-15-13(9-11)16-14/h3,6,9,12H,2,4-5,7-8,10,14H2,1H3,(H,15,16). The molecule has 100 valence electrons. The van der Waals surface area contributed by atoms with Gasteiger partial charge in [0.15, 0.2) is 0 Å². The maximum Gasteiger partial charge on any atom is 0.140 e. The second-order valence-electron chi connectivity index (χ2n) is 4.62. The van der Waals surface area contributed by atoms with Crippen molar-refractivity contribution in [2.45, 2.75) is 32.4 Å². The van der Waals surface area contributed by atoms with Crippen molar-refractivity contribution in [2.24, 2.45) is 5.84 Å². The molecule has 0 spiro atoms. The van der Waals surface area contributed by atoms with Gasteiger partial charge in [-0.15, -0.1) is 0 Å². The van der Waals surface area contributed by atoms with E-state index in [0.717, 1.165) is 44.9 Å². The van der Waals surface area contributed by atoms with E-state index in [4.69, 9.17) is 10.6 Å². The number of nitrogens with two attached hydrogens (primary N) is 1. The summed E-state index contributed by atoms with van der Waals surface area (Å²) in [5.41, 5.74) is 3.82. The maximum atomic E-state index is 5.65. The van der Waals surface area contributed by atoms with E-state index in [1.54, 1.807) is 6.20 Å². The number of nitrogen functional groups attached to an aromatic ring is 1. The highest BCUT2D eigenvalue weighted by Crippen LogP contribution is 2.16. The summed E-state index contributed by atoms with van der Waals surface area (Å²) in [4.78, 5) is 6.56. The molecular formula is C13H22N4O. The Morgan fingerprint density at radius 1 is 1.50 bits per heavy atom. The molecule has 5 nitrogen and oxygen atoms in total. The molecule has 0 radical (unpaired) electrons. The van der Waals surface area contributed by atoms with Crippen LogP contribution in [0.2, 0.25) is 0 Å². The highest BCUT2D eigenvalue weighted by molar-refractivity contribution is 5.35. The Bertz CT molecular complexity index is 364. The number of nitrogens with zero attached hydrogens (tertiary/aromatic N) is 2. The third-order valence-corrected chi connectivity index (χ3v) is 3.32. The topological polar surface area (TPSA) is 63.4 Å². The van der Waals surface area contributed by atoms with E-state index in [1.165, 1.54) is 5.56 Å². The number of likely N-dealkylation sites (tertiary alicyclic amines) is 1. The Morgan fingerprint density at radius 2 is 2.28 bits per heavy atom. The van der Waals surface area contributed by atoms with Crippen molar-refractivity contribution >= 4 is 5.82 Å². The predicted octanol–water partition coefficient (Wildman–Crippen LogP) is 1.37. The fraction of sp³-hybridized carbons (Fsp3) is 0.615. The summed E-state index contributed by atoms with van der Waals surface area (Å²) in [5, 5.41) is 0. The van der Waals surface area contributed by atoms with Gasteiger partial charge in [0.05, 0.1) is 6.10 Å². The molecule has 2 rings (SSSR count). The zero-order chi connectivity index (χ0) is 12.8. The van der Waals surface area contributed by atoms with Crippen LogP contribution in [0, 0.1) is 0 Å². The molecule has 1 aromatic heterocycles. The third kappa shape index (κ3) is 3.66. The first-order valence-corrected chi connectivity index (χ1v) is 6.57. The van der Waals surface area contributed by atoms with Gasteiger partial charge in [-0.1, -0.05) is 0 Å². The minimum absolute atomic E-state index is 0.449. The molecule has 18 heavy (non-hydrogen) atoms. The first-order valence-electron chi connectivity index (χ1n) is 6.57. The summed E-state index contributed by atoms with van der Waals surface area (Å²) >= 11 is 0. The van der Waals surface area contributed by atoms with E-state index in [2.05, 4.69) is 22.2 Å². The SMILES string of the molecule is CCOC1CCN(Cc2ccnc(NN)c2)CC1. The monoisotopic (exact) mass is 250 g/mol. The number of hydrogen-bond acceptors (Lipinski definition) is 5.